The van der Waals surface area contributed by atoms with Crippen molar-refractivity contribution in [3.63, 3.8) is 0 Å². The van der Waals surface area contributed by atoms with Crippen LogP contribution in [0.25, 0.3) is 0 Å². The normalized spacial score (nSPS) is 36.0. The molecule has 2 rings (SSSR count). The molecule has 2 aliphatic rings. The van der Waals surface area contributed by atoms with Crippen molar-refractivity contribution in [2.75, 3.05) is 33.4 Å². The van der Waals surface area contributed by atoms with Gasteiger partial charge in [0.25, 0.3) is 0 Å². The van der Waals surface area contributed by atoms with Crippen LogP contribution >= 0.6 is 0 Å². The fraction of sp³-hybridized carbons (Fsp3) is 1.00. The Morgan fingerprint density at radius 3 is 2.88 bits per heavy atom. The minimum atomic E-state index is 0.656. The largest absolute Gasteiger partial charge is 0.378 e. The molecule has 1 N–H and O–H groups in total. The molecule has 1 saturated carbocycles. The predicted octanol–water partition coefficient (Wildman–Crippen LogP) is 1.88. The van der Waals surface area contributed by atoms with Crippen molar-refractivity contribution in [2.24, 2.45) is 5.92 Å². The fourth-order valence-corrected chi connectivity index (χ4v) is 3.41. The first-order chi connectivity index (χ1) is 8.35. The van der Waals surface area contributed by atoms with Gasteiger partial charge in [0.05, 0.1) is 13.2 Å². The second-order valence-corrected chi connectivity index (χ2v) is 5.57. The summed E-state index contributed by atoms with van der Waals surface area (Å²) < 4.78 is 5.59. The third-order valence-corrected chi connectivity index (χ3v) is 4.57. The highest BCUT2D eigenvalue weighted by Crippen LogP contribution is 2.26. The lowest BCUT2D eigenvalue weighted by atomic mass is 9.84. The minimum absolute atomic E-state index is 0.656. The maximum atomic E-state index is 5.59. The lowest BCUT2D eigenvalue weighted by molar-refractivity contribution is -0.0200. The van der Waals surface area contributed by atoms with Gasteiger partial charge in [-0.05, 0) is 32.2 Å². The summed E-state index contributed by atoms with van der Waals surface area (Å²) in [6.45, 7) is 6.54. The van der Waals surface area contributed by atoms with Crippen LogP contribution in [0.15, 0.2) is 0 Å². The van der Waals surface area contributed by atoms with Gasteiger partial charge in [-0.2, -0.15) is 0 Å². The molecule has 3 unspecified atom stereocenters. The first-order valence-electron chi connectivity index (χ1n) is 7.34. The lowest BCUT2D eigenvalue weighted by Crippen LogP contribution is -2.50. The van der Waals surface area contributed by atoms with Crippen LogP contribution in [0, 0.1) is 5.92 Å². The molecule has 0 amide bonds. The molecule has 0 aromatic carbocycles. The van der Waals surface area contributed by atoms with Gasteiger partial charge in [-0.25, -0.2) is 0 Å². The lowest BCUT2D eigenvalue weighted by Gasteiger charge is -2.40. The Kier molecular flexibility index (Phi) is 5.26. The molecule has 0 bridgehead atoms. The molecule has 1 heterocycles. The number of hydrogen-bond acceptors (Lipinski definition) is 3. The summed E-state index contributed by atoms with van der Waals surface area (Å²) in [6.07, 6.45) is 6.81. The quantitative estimate of drug-likeness (QED) is 0.812. The van der Waals surface area contributed by atoms with E-state index in [0.29, 0.717) is 6.04 Å². The Labute approximate surface area is 106 Å². The van der Waals surface area contributed by atoms with Crippen molar-refractivity contribution in [3.05, 3.63) is 0 Å². The maximum absolute atomic E-state index is 5.59. The Morgan fingerprint density at radius 2 is 2.12 bits per heavy atom. The summed E-state index contributed by atoms with van der Waals surface area (Å²) in [5.41, 5.74) is 0. The Balaban J connectivity index is 1.88. The van der Waals surface area contributed by atoms with Crippen molar-refractivity contribution in [3.8, 4) is 0 Å². The van der Waals surface area contributed by atoms with Crippen LogP contribution in [-0.4, -0.2) is 50.3 Å². The monoisotopic (exact) mass is 240 g/mol. The van der Waals surface area contributed by atoms with Gasteiger partial charge >= 0.3 is 0 Å². The van der Waals surface area contributed by atoms with E-state index in [1.807, 2.05) is 0 Å². The number of ether oxygens (including phenoxy) is 1. The van der Waals surface area contributed by atoms with Crippen molar-refractivity contribution in [1.82, 2.24) is 10.2 Å². The van der Waals surface area contributed by atoms with Crippen LogP contribution in [-0.2, 0) is 4.74 Å². The van der Waals surface area contributed by atoms with Crippen LogP contribution in [0.1, 0.15) is 39.0 Å². The summed E-state index contributed by atoms with van der Waals surface area (Å²) in [4.78, 5) is 2.67. The van der Waals surface area contributed by atoms with Gasteiger partial charge in [-0.3, -0.25) is 4.90 Å². The van der Waals surface area contributed by atoms with Crippen molar-refractivity contribution in [2.45, 2.75) is 51.1 Å². The van der Waals surface area contributed by atoms with E-state index in [1.165, 1.54) is 38.6 Å². The van der Waals surface area contributed by atoms with E-state index >= 15 is 0 Å². The van der Waals surface area contributed by atoms with Crippen LogP contribution in [0.3, 0.4) is 0 Å². The van der Waals surface area contributed by atoms with Gasteiger partial charge in [-0.15, -0.1) is 0 Å². The summed E-state index contributed by atoms with van der Waals surface area (Å²) in [5, 5.41) is 3.52. The van der Waals surface area contributed by atoms with Crippen molar-refractivity contribution in [1.29, 1.82) is 0 Å². The molecular weight excluding hydrogens is 212 g/mol. The number of morpholine rings is 1. The molecule has 2 fully saturated rings. The predicted molar refractivity (Wildman–Crippen MR) is 71.3 cm³/mol. The molecule has 3 nitrogen and oxygen atoms in total. The molecule has 100 valence electrons. The van der Waals surface area contributed by atoms with Crippen molar-refractivity contribution < 1.29 is 4.74 Å². The molecule has 0 radical (unpaired) electrons. The second-order valence-electron chi connectivity index (χ2n) is 5.57. The van der Waals surface area contributed by atoms with E-state index in [0.717, 1.165) is 31.7 Å². The van der Waals surface area contributed by atoms with Gasteiger partial charge in [0, 0.05) is 25.2 Å². The van der Waals surface area contributed by atoms with Crippen LogP contribution in [0.4, 0.5) is 0 Å². The topological polar surface area (TPSA) is 24.5 Å². The Hall–Kier alpha value is -0.120. The third-order valence-electron chi connectivity index (χ3n) is 4.57. The second kappa shape index (κ2) is 6.72. The zero-order valence-corrected chi connectivity index (χ0v) is 11.5. The van der Waals surface area contributed by atoms with E-state index in [9.17, 15) is 0 Å². The number of rotatable bonds is 4. The molecule has 1 saturated heterocycles. The van der Waals surface area contributed by atoms with Crippen LogP contribution in [0.5, 0.6) is 0 Å². The Morgan fingerprint density at radius 1 is 1.29 bits per heavy atom. The Bertz CT molecular complexity index is 200. The minimum Gasteiger partial charge on any atom is -0.378 e. The summed E-state index contributed by atoms with van der Waals surface area (Å²) in [5.74, 6) is 0.848. The van der Waals surface area contributed by atoms with Gasteiger partial charge in [0.1, 0.15) is 0 Å². The van der Waals surface area contributed by atoms with E-state index in [2.05, 4.69) is 24.2 Å². The average Bonchev–Trinajstić information content (AvgIpc) is 2.40. The van der Waals surface area contributed by atoms with Gasteiger partial charge in [0.2, 0.25) is 0 Å². The van der Waals surface area contributed by atoms with Gasteiger partial charge in [0.15, 0.2) is 0 Å². The molecule has 17 heavy (non-hydrogen) atoms. The highest BCUT2D eigenvalue weighted by molar-refractivity contribution is 4.85. The maximum Gasteiger partial charge on any atom is 0.0622 e. The molecule has 3 atom stereocenters. The van der Waals surface area contributed by atoms with Gasteiger partial charge in [-0.1, -0.05) is 19.8 Å². The zero-order valence-electron chi connectivity index (χ0n) is 11.5. The van der Waals surface area contributed by atoms with E-state index in [4.69, 9.17) is 4.74 Å². The molecule has 0 aromatic heterocycles. The molecule has 0 spiro atoms. The SMILES string of the molecule is CCC1COCCN1CC1CCCCC1NC. The van der Waals surface area contributed by atoms with E-state index in [-0.39, 0.29) is 0 Å². The van der Waals surface area contributed by atoms with Gasteiger partial charge < -0.3 is 10.1 Å². The number of nitrogens with one attached hydrogen (secondary N) is 1. The summed E-state index contributed by atoms with van der Waals surface area (Å²) in [6, 6.07) is 1.40. The molecular formula is C14H28N2O. The van der Waals surface area contributed by atoms with E-state index in [1.54, 1.807) is 0 Å². The molecule has 3 heteroatoms. The molecule has 0 aromatic rings. The smallest absolute Gasteiger partial charge is 0.0622 e. The zero-order chi connectivity index (χ0) is 12.1. The standard InChI is InChI=1S/C14H28N2O/c1-3-13-11-17-9-8-16(13)10-12-6-4-5-7-14(12)15-2/h12-15H,3-11H2,1-2H3. The number of nitrogens with zero attached hydrogens (tertiary/aromatic N) is 1. The van der Waals surface area contributed by atoms with Crippen LogP contribution < -0.4 is 5.32 Å². The fourth-order valence-electron chi connectivity index (χ4n) is 3.41. The van der Waals surface area contributed by atoms with E-state index < -0.39 is 0 Å². The third kappa shape index (κ3) is 3.43. The summed E-state index contributed by atoms with van der Waals surface area (Å²) in [7, 11) is 2.12. The molecule has 1 aliphatic carbocycles. The molecule has 1 aliphatic heterocycles. The highest BCUT2D eigenvalue weighted by Gasteiger charge is 2.29. The first-order valence-corrected chi connectivity index (χ1v) is 7.34. The van der Waals surface area contributed by atoms with Crippen LogP contribution in [0.2, 0.25) is 0 Å². The van der Waals surface area contributed by atoms with Crippen molar-refractivity contribution >= 4 is 0 Å². The average molecular weight is 240 g/mol. The number of hydrogen-bond donors (Lipinski definition) is 1. The summed E-state index contributed by atoms with van der Waals surface area (Å²) >= 11 is 0. The first kappa shape index (κ1) is 13.3. The highest BCUT2D eigenvalue weighted by atomic mass is 16.5.